The minimum Gasteiger partial charge on any atom is -0.303 e. The summed E-state index contributed by atoms with van der Waals surface area (Å²) in [5.41, 5.74) is 2.24. The summed E-state index contributed by atoms with van der Waals surface area (Å²) in [5, 5.41) is 0. The van der Waals surface area contributed by atoms with E-state index in [2.05, 4.69) is 16.5 Å². The van der Waals surface area contributed by atoms with E-state index < -0.39 is 10.0 Å². The molecule has 138 valence electrons. The Morgan fingerprint density at radius 1 is 1.12 bits per heavy atom. The average Bonchev–Trinajstić information content (AvgIpc) is 3.11. The molecule has 0 unspecified atom stereocenters. The smallest absolute Gasteiger partial charge is 0.261 e. The van der Waals surface area contributed by atoms with Crippen LogP contribution >= 0.6 is 0 Å². The van der Waals surface area contributed by atoms with Gasteiger partial charge in [-0.1, -0.05) is 31.2 Å². The molecular formula is C20H24N2O3S. The third kappa shape index (κ3) is 4.31. The van der Waals surface area contributed by atoms with Crippen molar-refractivity contribution in [3.8, 4) is 0 Å². The van der Waals surface area contributed by atoms with Crippen LogP contribution in [0.2, 0.25) is 0 Å². The van der Waals surface area contributed by atoms with Gasteiger partial charge >= 0.3 is 0 Å². The largest absolute Gasteiger partial charge is 0.303 e. The highest BCUT2D eigenvalue weighted by Gasteiger charge is 2.23. The molecular weight excluding hydrogens is 348 g/mol. The van der Waals surface area contributed by atoms with Crippen molar-refractivity contribution >= 4 is 22.0 Å². The molecule has 1 N–H and O–H groups in total. The summed E-state index contributed by atoms with van der Waals surface area (Å²) in [6, 6.07) is 13.5. The minimum atomic E-state index is -3.66. The van der Waals surface area contributed by atoms with E-state index >= 15 is 0 Å². The third-order valence-electron chi connectivity index (χ3n) is 4.77. The minimum absolute atomic E-state index is 0.137. The summed E-state index contributed by atoms with van der Waals surface area (Å²) in [5.74, 6) is 0.517. The standard InChI is InChI=1S/C20H24N2O3S/c1-2-12-22-13-11-18(14-22)17-5-7-19(8-6-17)21-26(24,25)20-9-3-16(15-23)4-10-20/h3-10,15,18,21H,2,11-14H2,1H3/t18-/m1/s1. The lowest BCUT2D eigenvalue weighted by atomic mass is 9.98. The van der Waals surface area contributed by atoms with E-state index in [-0.39, 0.29) is 4.90 Å². The van der Waals surface area contributed by atoms with Gasteiger partial charge in [-0.3, -0.25) is 9.52 Å². The molecule has 3 rings (SSSR count). The summed E-state index contributed by atoms with van der Waals surface area (Å²) in [6.07, 6.45) is 3.00. The highest BCUT2D eigenvalue weighted by molar-refractivity contribution is 7.92. The zero-order valence-corrected chi connectivity index (χ0v) is 15.7. The maximum Gasteiger partial charge on any atom is 0.261 e. The van der Waals surface area contributed by atoms with Gasteiger partial charge in [0.1, 0.15) is 6.29 Å². The van der Waals surface area contributed by atoms with Crippen LogP contribution in [0.1, 0.15) is 41.6 Å². The van der Waals surface area contributed by atoms with E-state index in [9.17, 15) is 13.2 Å². The van der Waals surface area contributed by atoms with E-state index in [0.717, 1.165) is 26.1 Å². The van der Waals surface area contributed by atoms with Crippen LogP contribution in [-0.2, 0) is 10.0 Å². The number of benzene rings is 2. The molecule has 0 saturated carbocycles. The van der Waals surface area contributed by atoms with Crippen LogP contribution in [0.25, 0.3) is 0 Å². The monoisotopic (exact) mass is 372 g/mol. The SMILES string of the molecule is CCCN1CC[C@@H](c2ccc(NS(=O)(=O)c3ccc(C=O)cc3)cc2)C1. The Kier molecular flexibility index (Phi) is 5.74. The number of aldehydes is 1. The molecule has 0 aliphatic carbocycles. The number of rotatable bonds is 7. The number of sulfonamides is 1. The second-order valence-corrected chi connectivity index (χ2v) is 8.38. The highest BCUT2D eigenvalue weighted by Crippen LogP contribution is 2.28. The lowest BCUT2D eigenvalue weighted by Gasteiger charge is -2.15. The van der Waals surface area contributed by atoms with Crippen LogP contribution in [0.3, 0.4) is 0 Å². The van der Waals surface area contributed by atoms with Crippen molar-refractivity contribution in [2.75, 3.05) is 24.4 Å². The molecule has 0 spiro atoms. The molecule has 2 aromatic carbocycles. The van der Waals surface area contributed by atoms with E-state index in [4.69, 9.17) is 0 Å². The Bertz CT molecular complexity index is 846. The predicted molar refractivity (Wildman–Crippen MR) is 103 cm³/mol. The first kappa shape index (κ1) is 18.6. The number of carbonyl (C=O) groups is 1. The summed E-state index contributed by atoms with van der Waals surface area (Å²) in [7, 11) is -3.66. The van der Waals surface area contributed by atoms with Crippen LogP contribution in [0.15, 0.2) is 53.4 Å². The zero-order chi connectivity index (χ0) is 18.6. The van der Waals surface area contributed by atoms with Crippen LogP contribution in [-0.4, -0.2) is 39.2 Å². The Balaban J connectivity index is 1.67. The molecule has 1 atom stereocenters. The molecule has 26 heavy (non-hydrogen) atoms. The van der Waals surface area contributed by atoms with Crippen molar-refractivity contribution in [3.05, 3.63) is 59.7 Å². The Hall–Kier alpha value is -2.18. The van der Waals surface area contributed by atoms with Crippen molar-refractivity contribution < 1.29 is 13.2 Å². The Morgan fingerprint density at radius 2 is 1.81 bits per heavy atom. The van der Waals surface area contributed by atoms with Gasteiger partial charge in [0.2, 0.25) is 0 Å². The topological polar surface area (TPSA) is 66.5 Å². The summed E-state index contributed by atoms with van der Waals surface area (Å²) < 4.78 is 27.5. The van der Waals surface area contributed by atoms with Crippen molar-refractivity contribution in [1.82, 2.24) is 4.90 Å². The van der Waals surface area contributed by atoms with E-state index in [1.165, 1.54) is 36.2 Å². The second-order valence-electron chi connectivity index (χ2n) is 6.70. The van der Waals surface area contributed by atoms with Gasteiger partial charge in [-0.25, -0.2) is 8.42 Å². The van der Waals surface area contributed by atoms with Gasteiger partial charge in [-0.15, -0.1) is 0 Å². The van der Waals surface area contributed by atoms with E-state index in [0.29, 0.717) is 23.5 Å². The molecule has 1 saturated heterocycles. The summed E-state index contributed by atoms with van der Waals surface area (Å²) in [6.45, 7) is 5.53. The quantitative estimate of drug-likeness (QED) is 0.756. The maximum atomic E-state index is 12.5. The van der Waals surface area contributed by atoms with Crippen molar-refractivity contribution in [2.45, 2.75) is 30.6 Å². The molecule has 0 amide bonds. The fourth-order valence-corrected chi connectivity index (χ4v) is 4.45. The first-order valence-corrected chi connectivity index (χ1v) is 10.4. The number of hydrogen-bond acceptors (Lipinski definition) is 4. The Morgan fingerprint density at radius 3 is 2.42 bits per heavy atom. The van der Waals surface area contributed by atoms with Crippen LogP contribution in [0.5, 0.6) is 0 Å². The fourth-order valence-electron chi connectivity index (χ4n) is 3.39. The molecule has 1 aliphatic heterocycles. The molecule has 2 aromatic rings. The fraction of sp³-hybridized carbons (Fsp3) is 0.350. The lowest BCUT2D eigenvalue weighted by Crippen LogP contribution is -2.20. The third-order valence-corrected chi connectivity index (χ3v) is 6.17. The number of likely N-dealkylation sites (tertiary alicyclic amines) is 1. The summed E-state index contributed by atoms with van der Waals surface area (Å²) >= 11 is 0. The predicted octanol–water partition coefficient (Wildman–Crippen LogP) is 3.50. The molecule has 0 bridgehead atoms. The first-order chi connectivity index (χ1) is 12.5. The number of nitrogens with zero attached hydrogens (tertiary/aromatic N) is 1. The van der Waals surface area contributed by atoms with Gasteiger partial charge in [0, 0.05) is 17.8 Å². The molecule has 1 fully saturated rings. The van der Waals surface area contributed by atoms with Gasteiger partial charge in [-0.05, 0) is 61.7 Å². The first-order valence-electron chi connectivity index (χ1n) is 8.92. The van der Waals surface area contributed by atoms with Crippen molar-refractivity contribution in [2.24, 2.45) is 0 Å². The van der Waals surface area contributed by atoms with Gasteiger partial charge in [0.05, 0.1) is 4.90 Å². The lowest BCUT2D eigenvalue weighted by molar-refractivity contribution is 0.112. The van der Waals surface area contributed by atoms with Crippen LogP contribution < -0.4 is 4.72 Å². The molecule has 1 heterocycles. The van der Waals surface area contributed by atoms with Gasteiger partial charge in [-0.2, -0.15) is 0 Å². The maximum absolute atomic E-state index is 12.5. The normalized spacial score (nSPS) is 18.0. The number of nitrogens with one attached hydrogen (secondary N) is 1. The molecule has 1 aliphatic rings. The van der Waals surface area contributed by atoms with E-state index in [1.54, 1.807) is 0 Å². The average molecular weight is 372 g/mol. The zero-order valence-electron chi connectivity index (χ0n) is 14.9. The summed E-state index contributed by atoms with van der Waals surface area (Å²) in [4.78, 5) is 13.3. The van der Waals surface area contributed by atoms with Crippen LogP contribution in [0.4, 0.5) is 5.69 Å². The number of carbonyl (C=O) groups excluding carboxylic acids is 1. The van der Waals surface area contributed by atoms with Gasteiger partial charge < -0.3 is 4.90 Å². The van der Waals surface area contributed by atoms with Crippen molar-refractivity contribution in [3.63, 3.8) is 0 Å². The molecule has 0 radical (unpaired) electrons. The number of anilines is 1. The molecule has 0 aromatic heterocycles. The second kappa shape index (κ2) is 8.01. The molecule has 6 heteroatoms. The number of hydrogen-bond donors (Lipinski definition) is 1. The highest BCUT2D eigenvalue weighted by atomic mass is 32.2. The van der Waals surface area contributed by atoms with Gasteiger partial charge in [0.15, 0.2) is 0 Å². The molecule has 5 nitrogen and oxygen atoms in total. The van der Waals surface area contributed by atoms with Gasteiger partial charge in [0.25, 0.3) is 10.0 Å². The van der Waals surface area contributed by atoms with Crippen LogP contribution in [0, 0.1) is 0 Å². The Labute approximate surface area is 155 Å². The van der Waals surface area contributed by atoms with E-state index in [1.807, 2.05) is 24.3 Å². The van der Waals surface area contributed by atoms with Crippen molar-refractivity contribution in [1.29, 1.82) is 0 Å².